The molecule has 4 rings (SSSR count). The van der Waals surface area contributed by atoms with Crippen LogP contribution in [0.25, 0.3) is 0 Å². The normalized spacial score (nSPS) is 21.5. The molecule has 1 unspecified atom stereocenters. The van der Waals surface area contributed by atoms with Gasteiger partial charge in [0.1, 0.15) is 5.75 Å². The Morgan fingerprint density at radius 3 is 3.04 bits per heavy atom. The Kier molecular flexibility index (Phi) is 4.51. The fourth-order valence-electron chi connectivity index (χ4n) is 3.58. The van der Waals surface area contributed by atoms with Gasteiger partial charge in [0, 0.05) is 49.9 Å². The van der Waals surface area contributed by atoms with E-state index in [1.54, 1.807) is 7.11 Å². The maximum atomic E-state index is 5.62. The molecule has 24 heavy (non-hydrogen) atoms. The van der Waals surface area contributed by atoms with Crippen LogP contribution >= 0.6 is 0 Å². The first-order valence-electron chi connectivity index (χ1n) is 8.56. The van der Waals surface area contributed by atoms with Gasteiger partial charge in [-0.1, -0.05) is 12.1 Å². The number of ether oxygens (including phenoxy) is 2. The van der Waals surface area contributed by atoms with Crippen LogP contribution in [0.15, 0.2) is 24.3 Å². The van der Waals surface area contributed by atoms with E-state index in [4.69, 9.17) is 9.47 Å². The monoisotopic (exact) mass is 328 g/mol. The van der Waals surface area contributed by atoms with Crippen molar-refractivity contribution in [2.45, 2.75) is 25.6 Å². The topological polar surface area (TPSA) is 62.4 Å². The minimum atomic E-state index is 0.349. The van der Waals surface area contributed by atoms with E-state index in [2.05, 4.69) is 32.5 Å². The minimum absolute atomic E-state index is 0.349. The van der Waals surface area contributed by atoms with E-state index in [1.807, 2.05) is 12.1 Å². The Morgan fingerprint density at radius 2 is 2.21 bits per heavy atom. The van der Waals surface area contributed by atoms with Crippen molar-refractivity contribution < 1.29 is 9.47 Å². The number of hydrogen-bond acceptors (Lipinski definition) is 5. The summed E-state index contributed by atoms with van der Waals surface area (Å²) in [6.07, 6.45) is 0.936. The lowest BCUT2D eigenvalue weighted by molar-refractivity contribution is 0.107. The van der Waals surface area contributed by atoms with Crippen LogP contribution in [0.2, 0.25) is 0 Å². The zero-order valence-electron chi connectivity index (χ0n) is 14.0. The van der Waals surface area contributed by atoms with Gasteiger partial charge in [0.15, 0.2) is 0 Å². The van der Waals surface area contributed by atoms with Gasteiger partial charge in [-0.05, 0) is 17.7 Å². The van der Waals surface area contributed by atoms with E-state index >= 15 is 0 Å². The molecule has 6 nitrogen and oxygen atoms in total. The number of fused-ring (bicyclic) bond motifs is 1. The maximum Gasteiger partial charge on any atom is 0.118 e. The number of nitrogens with one attached hydrogen (secondary N) is 2. The van der Waals surface area contributed by atoms with Crippen molar-refractivity contribution in [1.29, 1.82) is 0 Å². The number of aromatic amines is 1. The summed E-state index contributed by atoms with van der Waals surface area (Å²) in [5, 5.41) is 11.3. The predicted octanol–water partition coefficient (Wildman–Crippen LogP) is 1.64. The van der Waals surface area contributed by atoms with Crippen LogP contribution in [0, 0.1) is 0 Å². The molecule has 128 valence electrons. The van der Waals surface area contributed by atoms with Gasteiger partial charge in [-0.2, -0.15) is 5.10 Å². The van der Waals surface area contributed by atoms with Gasteiger partial charge in [0.25, 0.3) is 0 Å². The lowest BCUT2D eigenvalue weighted by Crippen LogP contribution is -2.45. The van der Waals surface area contributed by atoms with Crippen molar-refractivity contribution in [1.82, 2.24) is 20.4 Å². The molecule has 2 aliphatic rings. The van der Waals surface area contributed by atoms with Crippen LogP contribution < -0.4 is 10.1 Å². The highest BCUT2D eigenvalue weighted by molar-refractivity contribution is 5.30. The molecule has 2 aromatic rings. The Balaban J connectivity index is 1.54. The first-order valence-corrected chi connectivity index (χ1v) is 8.56. The summed E-state index contributed by atoms with van der Waals surface area (Å²) >= 11 is 0. The van der Waals surface area contributed by atoms with Crippen molar-refractivity contribution in [3.63, 3.8) is 0 Å². The standard InChI is InChI=1S/C18H24N4O2/c1-23-14-4-2-13(3-5-14)18-10-19-7-8-22(18)11-17-15-12-24-9-6-16(15)20-21-17/h2-5,18-19H,6-12H2,1H3,(H,20,21). The second-order valence-electron chi connectivity index (χ2n) is 6.39. The molecule has 0 amide bonds. The lowest BCUT2D eigenvalue weighted by atomic mass is 10.0. The molecule has 1 aromatic carbocycles. The number of nitrogens with zero attached hydrogens (tertiary/aromatic N) is 2. The summed E-state index contributed by atoms with van der Waals surface area (Å²) in [5.74, 6) is 0.896. The van der Waals surface area contributed by atoms with Gasteiger partial charge < -0.3 is 14.8 Å². The molecular formula is C18H24N4O2. The lowest BCUT2D eigenvalue weighted by Gasteiger charge is -2.36. The molecule has 0 saturated carbocycles. The molecule has 0 radical (unpaired) electrons. The van der Waals surface area contributed by atoms with Crippen LogP contribution in [-0.2, 0) is 24.3 Å². The van der Waals surface area contributed by atoms with E-state index < -0.39 is 0 Å². The number of H-pyrrole nitrogens is 1. The maximum absolute atomic E-state index is 5.62. The summed E-state index contributed by atoms with van der Waals surface area (Å²) in [5.41, 5.74) is 4.94. The highest BCUT2D eigenvalue weighted by Gasteiger charge is 2.26. The van der Waals surface area contributed by atoms with Gasteiger partial charge in [-0.15, -0.1) is 0 Å². The van der Waals surface area contributed by atoms with Crippen LogP contribution in [-0.4, -0.2) is 48.4 Å². The van der Waals surface area contributed by atoms with Gasteiger partial charge >= 0.3 is 0 Å². The van der Waals surface area contributed by atoms with E-state index in [1.165, 1.54) is 16.8 Å². The fraction of sp³-hybridized carbons (Fsp3) is 0.500. The zero-order valence-corrected chi connectivity index (χ0v) is 14.0. The molecule has 0 aliphatic carbocycles. The average Bonchev–Trinajstić information content (AvgIpc) is 3.05. The second-order valence-corrected chi connectivity index (χ2v) is 6.39. The molecule has 0 bridgehead atoms. The Bertz CT molecular complexity index is 683. The van der Waals surface area contributed by atoms with E-state index in [0.717, 1.165) is 50.7 Å². The molecule has 1 fully saturated rings. The summed E-state index contributed by atoms with van der Waals surface area (Å²) in [7, 11) is 1.70. The van der Waals surface area contributed by atoms with E-state index in [0.29, 0.717) is 12.6 Å². The number of piperazine rings is 1. The quantitative estimate of drug-likeness (QED) is 0.893. The van der Waals surface area contributed by atoms with E-state index in [-0.39, 0.29) is 0 Å². The average molecular weight is 328 g/mol. The third-order valence-corrected chi connectivity index (χ3v) is 4.99. The van der Waals surface area contributed by atoms with Gasteiger partial charge in [-0.25, -0.2) is 0 Å². The first kappa shape index (κ1) is 15.6. The molecule has 1 saturated heterocycles. The third-order valence-electron chi connectivity index (χ3n) is 4.99. The number of aromatic nitrogens is 2. The second kappa shape index (κ2) is 6.93. The van der Waals surface area contributed by atoms with Crippen LogP contribution in [0.5, 0.6) is 5.75 Å². The van der Waals surface area contributed by atoms with Crippen LogP contribution in [0.3, 0.4) is 0 Å². The summed E-state index contributed by atoms with van der Waals surface area (Å²) in [6.45, 7) is 5.30. The van der Waals surface area contributed by atoms with Gasteiger partial charge in [-0.3, -0.25) is 10.00 Å². The first-order chi connectivity index (χ1) is 11.8. The number of benzene rings is 1. The zero-order chi connectivity index (χ0) is 16.4. The van der Waals surface area contributed by atoms with Crippen LogP contribution in [0.1, 0.15) is 28.6 Å². The number of hydrogen-bond donors (Lipinski definition) is 2. The highest BCUT2D eigenvalue weighted by atomic mass is 16.5. The van der Waals surface area contributed by atoms with Crippen molar-refractivity contribution in [3.05, 3.63) is 46.8 Å². The number of rotatable bonds is 4. The molecule has 3 heterocycles. The van der Waals surface area contributed by atoms with Crippen LogP contribution in [0.4, 0.5) is 0 Å². The minimum Gasteiger partial charge on any atom is -0.497 e. The van der Waals surface area contributed by atoms with Crippen molar-refractivity contribution in [2.24, 2.45) is 0 Å². The Labute approximate surface area is 142 Å². The Morgan fingerprint density at radius 1 is 1.33 bits per heavy atom. The fourth-order valence-corrected chi connectivity index (χ4v) is 3.58. The highest BCUT2D eigenvalue weighted by Crippen LogP contribution is 2.27. The molecular weight excluding hydrogens is 304 g/mol. The van der Waals surface area contributed by atoms with Crippen molar-refractivity contribution in [3.8, 4) is 5.75 Å². The summed E-state index contributed by atoms with van der Waals surface area (Å²) < 4.78 is 10.9. The van der Waals surface area contributed by atoms with Crippen molar-refractivity contribution in [2.75, 3.05) is 33.4 Å². The summed E-state index contributed by atoms with van der Waals surface area (Å²) in [4.78, 5) is 2.50. The van der Waals surface area contributed by atoms with Gasteiger partial charge in [0.05, 0.1) is 26.0 Å². The molecule has 6 heteroatoms. The van der Waals surface area contributed by atoms with Crippen molar-refractivity contribution >= 4 is 0 Å². The molecule has 0 spiro atoms. The Hall–Kier alpha value is -1.89. The van der Waals surface area contributed by atoms with Gasteiger partial charge in [0.2, 0.25) is 0 Å². The van der Waals surface area contributed by atoms with E-state index in [9.17, 15) is 0 Å². The predicted molar refractivity (Wildman–Crippen MR) is 91.0 cm³/mol. The number of methoxy groups -OCH3 is 1. The molecule has 2 N–H and O–H groups in total. The SMILES string of the molecule is COc1ccc(C2CNCCN2Cc2n[nH]c3c2COCC3)cc1. The summed E-state index contributed by atoms with van der Waals surface area (Å²) in [6, 6.07) is 8.74. The molecule has 1 atom stereocenters. The third kappa shape index (κ3) is 3.05. The molecule has 2 aliphatic heterocycles. The smallest absolute Gasteiger partial charge is 0.118 e. The largest absolute Gasteiger partial charge is 0.497 e. The molecule has 1 aromatic heterocycles.